The second-order valence-electron chi connectivity index (χ2n) is 7.83. The highest BCUT2D eigenvalue weighted by atomic mass is 16.5. The summed E-state index contributed by atoms with van der Waals surface area (Å²) in [5.74, 6) is 2.14. The molecule has 0 bridgehead atoms. The van der Waals surface area contributed by atoms with Crippen LogP contribution in [0.4, 0.5) is 0 Å². The zero-order chi connectivity index (χ0) is 21.5. The molecule has 7 heteroatoms. The minimum atomic E-state index is -0.565. The maximum absolute atomic E-state index is 12.5. The second-order valence-corrected chi connectivity index (χ2v) is 7.83. The SMILES string of the molecule is COc1cc(/C=C/C(=O)OCC(=O)N2CC[C@@H]3CCCC[C@@H]3C2)cc(OC)c1OC. The Morgan fingerprint density at radius 2 is 1.67 bits per heavy atom. The van der Waals surface area contributed by atoms with Crippen molar-refractivity contribution in [1.82, 2.24) is 4.90 Å². The zero-order valence-electron chi connectivity index (χ0n) is 18.0. The number of hydrogen-bond donors (Lipinski definition) is 0. The number of esters is 1. The van der Waals surface area contributed by atoms with Crippen LogP contribution in [0.25, 0.3) is 6.08 Å². The molecule has 0 aromatic heterocycles. The van der Waals surface area contributed by atoms with Gasteiger partial charge in [0.05, 0.1) is 21.3 Å². The molecular formula is C23H31NO6. The lowest BCUT2D eigenvalue weighted by Gasteiger charge is -2.41. The van der Waals surface area contributed by atoms with E-state index in [0.29, 0.717) is 28.7 Å². The van der Waals surface area contributed by atoms with Crippen molar-refractivity contribution in [2.75, 3.05) is 41.0 Å². The highest BCUT2D eigenvalue weighted by molar-refractivity contribution is 5.89. The van der Waals surface area contributed by atoms with Gasteiger partial charge in [-0.15, -0.1) is 0 Å². The van der Waals surface area contributed by atoms with Crippen LogP contribution in [0.2, 0.25) is 0 Å². The molecule has 1 aromatic carbocycles. The van der Waals surface area contributed by atoms with Crippen molar-refractivity contribution in [2.45, 2.75) is 32.1 Å². The van der Waals surface area contributed by atoms with E-state index in [0.717, 1.165) is 25.4 Å². The number of likely N-dealkylation sites (tertiary alicyclic amines) is 1. The number of benzene rings is 1. The van der Waals surface area contributed by atoms with Crippen LogP contribution in [0.15, 0.2) is 18.2 Å². The number of rotatable bonds is 7. The summed E-state index contributed by atoms with van der Waals surface area (Å²) in [6.45, 7) is 1.33. The normalized spacial score (nSPS) is 21.1. The van der Waals surface area contributed by atoms with Gasteiger partial charge in [0, 0.05) is 19.2 Å². The molecule has 0 spiro atoms. The summed E-state index contributed by atoms with van der Waals surface area (Å²) in [5.41, 5.74) is 0.687. The van der Waals surface area contributed by atoms with Crippen LogP contribution in [-0.4, -0.2) is 57.8 Å². The van der Waals surface area contributed by atoms with E-state index in [1.807, 2.05) is 4.90 Å². The summed E-state index contributed by atoms with van der Waals surface area (Å²) in [4.78, 5) is 26.4. The molecular weight excluding hydrogens is 386 g/mol. The van der Waals surface area contributed by atoms with Crippen LogP contribution < -0.4 is 14.2 Å². The lowest BCUT2D eigenvalue weighted by atomic mass is 9.75. The molecule has 1 heterocycles. The minimum absolute atomic E-state index is 0.117. The fourth-order valence-corrected chi connectivity index (χ4v) is 4.46. The van der Waals surface area contributed by atoms with Crippen LogP contribution in [0, 0.1) is 11.8 Å². The molecule has 164 valence electrons. The first-order chi connectivity index (χ1) is 14.5. The van der Waals surface area contributed by atoms with Gasteiger partial charge < -0.3 is 23.8 Å². The van der Waals surface area contributed by atoms with Crippen molar-refractivity contribution in [1.29, 1.82) is 0 Å². The van der Waals surface area contributed by atoms with Gasteiger partial charge in [-0.3, -0.25) is 4.79 Å². The van der Waals surface area contributed by atoms with E-state index in [9.17, 15) is 9.59 Å². The third-order valence-electron chi connectivity index (χ3n) is 6.08. The largest absolute Gasteiger partial charge is 0.493 e. The number of nitrogens with zero attached hydrogens (tertiary/aromatic N) is 1. The number of fused-ring (bicyclic) bond motifs is 1. The number of hydrogen-bond acceptors (Lipinski definition) is 6. The maximum Gasteiger partial charge on any atom is 0.331 e. The first-order valence-corrected chi connectivity index (χ1v) is 10.5. The smallest absolute Gasteiger partial charge is 0.331 e. The standard InChI is InChI=1S/C23H31NO6/c1-27-19-12-16(13-20(28-2)23(19)29-3)8-9-22(26)30-15-21(25)24-11-10-17-6-4-5-7-18(17)14-24/h8-9,12-13,17-18H,4-7,10-11,14-15H2,1-3H3/b9-8+/t17-,18+/m0/s1. The molecule has 7 nitrogen and oxygen atoms in total. The average molecular weight is 418 g/mol. The van der Waals surface area contributed by atoms with Crippen LogP contribution in [-0.2, 0) is 14.3 Å². The van der Waals surface area contributed by atoms with Gasteiger partial charge in [-0.05, 0) is 48.4 Å². The molecule has 1 saturated heterocycles. The number of methoxy groups -OCH3 is 3. The van der Waals surface area contributed by atoms with Crippen molar-refractivity contribution in [3.05, 3.63) is 23.8 Å². The predicted octanol–water partition coefficient (Wildman–Crippen LogP) is 3.31. The maximum atomic E-state index is 12.5. The van der Waals surface area contributed by atoms with Crippen molar-refractivity contribution in [3.8, 4) is 17.2 Å². The Kier molecular flexibility index (Phi) is 7.60. The van der Waals surface area contributed by atoms with Gasteiger partial charge in [0.2, 0.25) is 5.75 Å². The van der Waals surface area contributed by atoms with Crippen molar-refractivity contribution in [3.63, 3.8) is 0 Å². The Labute approximate surface area is 177 Å². The molecule has 1 amide bonds. The molecule has 2 aliphatic rings. The molecule has 2 atom stereocenters. The Balaban J connectivity index is 1.53. The summed E-state index contributed by atoms with van der Waals surface area (Å²) in [6, 6.07) is 3.45. The Morgan fingerprint density at radius 3 is 2.30 bits per heavy atom. The highest BCUT2D eigenvalue weighted by Crippen LogP contribution is 2.38. The van der Waals surface area contributed by atoms with E-state index in [-0.39, 0.29) is 12.5 Å². The summed E-state index contributed by atoms with van der Waals surface area (Å²) >= 11 is 0. The molecule has 0 radical (unpaired) electrons. The fraction of sp³-hybridized carbons (Fsp3) is 0.565. The van der Waals surface area contributed by atoms with Gasteiger partial charge in [-0.25, -0.2) is 4.79 Å². The van der Waals surface area contributed by atoms with Gasteiger partial charge in [0.15, 0.2) is 18.1 Å². The quantitative estimate of drug-likeness (QED) is 0.501. The van der Waals surface area contributed by atoms with Gasteiger partial charge in [-0.2, -0.15) is 0 Å². The van der Waals surface area contributed by atoms with Gasteiger partial charge >= 0.3 is 5.97 Å². The molecule has 3 rings (SSSR count). The van der Waals surface area contributed by atoms with Gasteiger partial charge in [0.1, 0.15) is 0 Å². The van der Waals surface area contributed by atoms with E-state index in [2.05, 4.69) is 0 Å². The fourth-order valence-electron chi connectivity index (χ4n) is 4.46. The average Bonchev–Trinajstić information content (AvgIpc) is 2.79. The summed E-state index contributed by atoms with van der Waals surface area (Å²) in [7, 11) is 4.59. The summed E-state index contributed by atoms with van der Waals surface area (Å²) in [5, 5.41) is 0. The molecule has 1 aromatic rings. The first kappa shape index (κ1) is 22.0. The number of carbonyl (C=O) groups is 2. The highest BCUT2D eigenvalue weighted by Gasteiger charge is 2.33. The molecule has 1 aliphatic heterocycles. The predicted molar refractivity (Wildman–Crippen MR) is 113 cm³/mol. The van der Waals surface area contributed by atoms with Crippen LogP contribution >= 0.6 is 0 Å². The number of piperidine rings is 1. The van der Waals surface area contributed by atoms with Gasteiger partial charge in [0.25, 0.3) is 5.91 Å². The summed E-state index contributed by atoms with van der Waals surface area (Å²) < 4.78 is 21.1. The number of carbonyl (C=O) groups excluding carboxylic acids is 2. The topological polar surface area (TPSA) is 74.3 Å². The van der Waals surface area contributed by atoms with Crippen LogP contribution in [0.1, 0.15) is 37.7 Å². The van der Waals surface area contributed by atoms with Crippen molar-refractivity contribution >= 4 is 18.0 Å². The van der Waals surface area contributed by atoms with Crippen molar-refractivity contribution in [2.24, 2.45) is 11.8 Å². The number of ether oxygens (including phenoxy) is 4. The minimum Gasteiger partial charge on any atom is -0.493 e. The Bertz CT molecular complexity index is 765. The molecule has 1 saturated carbocycles. The second kappa shape index (κ2) is 10.4. The van der Waals surface area contributed by atoms with E-state index >= 15 is 0 Å². The lowest BCUT2D eigenvalue weighted by molar-refractivity contribution is -0.149. The third kappa shape index (κ3) is 5.26. The van der Waals surface area contributed by atoms with Crippen LogP contribution in [0.5, 0.6) is 17.2 Å². The van der Waals surface area contributed by atoms with Crippen LogP contribution in [0.3, 0.4) is 0 Å². The Morgan fingerprint density at radius 1 is 1.00 bits per heavy atom. The molecule has 0 unspecified atom stereocenters. The lowest BCUT2D eigenvalue weighted by Crippen LogP contribution is -2.46. The van der Waals surface area contributed by atoms with E-state index in [4.69, 9.17) is 18.9 Å². The van der Waals surface area contributed by atoms with Crippen molar-refractivity contribution < 1.29 is 28.5 Å². The van der Waals surface area contributed by atoms with E-state index in [1.165, 1.54) is 53.1 Å². The molecule has 30 heavy (non-hydrogen) atoms. The molecule has 1 aliphatic carbocycles. The summed E-state index contributed by atoms with van der Waals surface area (Å²) in [6.07, 6.45) is 8.99. The van der Waals surface area contributed by atoms with E-state index in [1.54, 1.807) is 18.2 Å². The number of amides is 1. The zero-order valence-corrected chi connectivity index (χ0v) is 18.0. The molecule has 2 fully saturated rings. The third-order valence-corrected chi connectivity index (χ3v) is 6.08. The molecule has 0 N–H and O–H groups in total. The first-order valence-electron chi connectivity index (χ1n) is 10.5. The Hall–Kier alpha value is -2.70. The monoisotopic (exact) mass is 417 g/mol. The van der Waals surface area contributed by atoms with E-state index < -0.39 is 5.97 Å². The van der Waals surface area contributed by atoms with Gasteiger partial charge in [-0.1, -0.05) is 19.3 Å².